The third-order valence-corrected chi connectivity index (χ3v) is 3.12. The predicted molar refractivity (Wildman–Crippen MR) is 85.3 cm³/mol. The number of rotatable bonds is 5. The van der Waals surface area contributed by atoms with Gasteiger partial charge in [0.05, 0.1) is 18.6 Å². The Bertz CT molecular complexity index is 766. The van der Waals surface area contributed by atoms with Crippen molar-refractivity contribution in [3.8, 4) is 17.1 Å². The number of aromatic nitrogens is 2. The van der Waals surface area contributed by atoms with Crippen LogP contribution in [0.15, 0.2) is 59.2 Å². The molecule has 0 spiro atoms. The van der Waals surface area contributed by atoms with Gasteiger partial charge in [0, 0.05) is 17.3 Å². The normalized spacial score (nSPS) is 10.3. The molecule has 0 saturated carbocycles. The molecule has 0 aliphatic carbocycles. The van der Waals surface area contributed by atoms with Gasteiger partial charge in [0.15, 0.2) is 5.76 Å². The smallest absolute Gasteiger partial charge is 0.291 e. The van der Waals surface area contributed by atoms with E-state index in [1.165, 1.54) is 6.26 Å². The van der Waals surface area contributed by atoms with Gasteiger partial charge in [-0.2, -0.15) is 0 Å². The van der Waals surface area contributed by atoms with Gasteiger partial charge in [-0.25, -0.2) is 0 Å². The molecule has 1 N–H and O–H groups in total. The first-order chi connectivity index (χ1) is 11.3. The van der Waals surface area contributed by atoms with Gasteiger partial charge in [0.2, 0.25) is 5.88 Å². The van der Waals surface area contributed by atoms with Crippen LogP contribution >= 0.6 is 0 Å². The molecule has 6 nitrogen and oxygen atoms in total. The summed E-state index contributed by atoms with van der Waals surface area (Å²) in [7, 11) is 0. The largest absolute Gasteiger partial charge is 0.477 e. The summed E-state index contributed by atoms with van der Waals surface area (Å²) in [6.45, 7) is 2.45. The molecule has 0 saturated heterocycles. The first-order valence-electron chi connectivity index (χ1n) is 7.18. The number of benzene rings is 1. The van der Waals surface area contributed by atoms with E-state index >= 15 is 0 Å². The van der Waals surface area contributed by atoms with Crippen molar-refractivity contribution in [3.05, 3.63) is 60.6 Å². The molecule has 0 aliphatic heterocycles. The zero-order valence-electron chi connectivity index (χ0n) is 12.5. The average Bonchev–Trinajstić information content (AvgIpc) is 3.11. The molecule has 0 atom stereocenters. The van der Waals surface area contributed by atoms with Crippen LogP contribution in [-0.2, 0) is 0 Å². The van der Waals surface area contributed by atoms with Crippen molar-refractivity contribution in [2.24, 2.45) is 0 Å². The molecule has 0 fully saturated rings. The number of carbonyl (C=O) groups excluding carboxylic acids is 1. The second kappa shape index (κ2) is 6.74. The molecule has 0 aliphatic rings. The SMILES string of the molecule is CCOc1ccc(-c2ccc(NC(=O)c3ccco3)cc2)nn1. The minimum Gasteiger partial charge on any atom is -0.477 e. The van der Waals surface area contributed by atoms with Crippen molar-refractivity contribution >= 4 is 11.6 Å². The van der Waals surface area contributed by atoms with Crippen LogP contribution in [0.2, 0.25) is 0 Å². The third kappa shape index (κ3) is 3.55. The summed E-state index contributed by atoms with van der Waals surface area (Å²) in [5, 5.41) is 10.9. The summed E-state index contributed by atoms with van der Waals surface area (Å²) >= 11 is 0. The predicted octanol–water partition coefficient (Wildman–Crippen LogP) is 3.39. The average molecular weight is 309 g/mol. The van der Waals surface area contributed by atoms with E-state index in [-0.39, 0.29) is 11.7 Å². The van der Waals surface area contributed by atoms with Crippen LogP contribution in [-0.4, -0.2) is 22.7 Å². The van der Waals surface area contributed by atoms with E-state index in [1.807, 2.05) is 25.1 Å². The Morgan fingerprint density at radius 1 is 1.13 bits per heavy atom. The molecule has 3 rings (SSSR count). The maximum Gasteiger partial charge on any atom is 0.291 e. The van der Waals surface area contributed by atoms with E-state index in [2.05, 4.69) is 15.5 Å². The Kier molecular flexibility index (Phi) is 4.33. The van der Waals surface area contributed by atoms with E-state index in [1.54, 1.807) is 30.3 Å². The van der Waals surface area contributed by atoms with Gasteiger partial charge in [-0.3, -0.25) is 4.79 Å². The highest BCUT2D eigenvalue weighted by molar-refractivity contribution is 6.02. The third-order valence-electron chi connectivity index (χ3n) is 3.12. The van der Waals surface area contributed by atoms with Gasteiger partial charge in [0.25, 0.3) is 5.91 Å². The van der Waals surface area contributed by atoms with Crippen molar-refractivity contribution < 1.29 is 13.9 Å². The second-order valence-corrected chi connectivity index (χ2v) is 4.70. The monoisotopic (exact) mass is 309 g/mol. The Morgan fingerprint density at radius 3 is 2.57 bits per heavy atom. The minimum atomic E-state index is -0.288. The fraction of sp³-hybridized carbons (Fsp3) is 0.118. The van der Waals surface area contributed by atoms with Crippen LogP contribution in [0.1, 0.15) is 17.5 Å². The van der Waals surface area contributed by atoms with Crippen LogP contribution < -0.4 is 10.1 Å². The van der Waals surface area contributed by atoms with Gasteiger partial charge >= 0.3 is 0 Å². The lowest BCUT2D eigenvalue weighted by Crippen LogP contribution is -2.10. The molecule has 3 aromatic rings. The number of carbonyl (C=O) groups is 1. The summed E-state index contributed by atoms with van der Waals surface area (Å²) < 4.78 is 10.3. The second-order valence-electron chi connectivity index (χ2n) is 4.70. The van der Waals surface area contributed by atoms with E-state index in [0.29, 0.717) is 18.2 Å². The number of hydrogen-bond donors (Lipinski definition) is 1. The fourth-order valence-corrected chi connectivity index (χ4v) is 2.02. The summed E-state index contributed by atoms with van der Waals surface area (Å²) in [6.07, 6.45) is 1.46. The Balaban J connectivity index is 1.70. The van der Waals surface area contributed by atoms with Crippen molar-refractivity contribution in [2.45, 2.75) is 6.92 Å². The Hall–Kier alpha value is -3.15. The van der Waals surface area contributed by atoms with Gasteiger partial charge in [0.1, 0.15) is 0 Å². The molecule has 23 heavy (non-hydrogen) atoms. The molecule has 2 aromatic heterocycles. The van der Waals surface area contributed by atoms with Gasteiger partial charge in [-0.1, -0.05) is 12.1 Å². The molecule has 1 aromatic carbocycles. The number of amides is 1. The Labute approximate surface area is 133 Å². The first-order valence-corrected chi connectivity index (χ1v) is 7.18. The van der Waals surface area contributed by atoms with Crippen LogP contribution in [0, 0.1) is 0 Å². The minimum absolute atomic E-state index is 0.270. The standard InChI is InChI=1S/C17H15N3O3/c1-2-22-16-10-9-14(19-20-16)12-5-7-13(8-6-12)18-17(21)15-4-3-11-23-15/h3-11H,2H2,1H3,(H,18,21). The van der Waals surface area contributed by atoms with Gasteiger partial charge in [-0.15, -0.1) is 10.2 Å². The van der Waals surface area contributed by atoms with Crippen molar-refractivity contribution in [3.63, 3.8) is 0 Å². The lowest BCUT2D eigenvalue weighted by Gasteiger charge is -2.05. The van der Waals surface area contributed by atoms with E-state index in [9.17, 15) is 4.79 Å². The molecule has 0 radical (unpaired) electrons. The molecule has 2 heterocycles. The van der Waals surface area contributed by atoms with E-state index in [4.69, 9.17) is 9.15 Å². The summed E-state index contributed by atoms with van der Waals surface area (Å²) in [5.41, 5.74) is 2.31. The van der Waals surface area contributed by atoms with Crippen LogP contribution in [0.3, 0.4) is 0 Å². The number of anilines is 1. The summed E-state index contributed by atoms with van der Waals surface area (Å²) in [4.78, 5) is 11.9. The lowest BCUT2D eigenvalue weighted by molar-refractivity contribution is 0.0996. The highest BCUT2D eigenvalue weighted by atomic mass is 16.5. The lowest BCUT2D eigenvalue weighted by atomic mass is 10.1. The van der Waals surface area contributed by atoms with Gasteiger partial charge < -0.3 is 14.5 Å². The Morgan fingerprint density at radius 2 is 1.96 bits per heavy atom. The summed E-state index contributed by atoms with van der Waals surface area (Å²) in [6, 6.07) is 14.2. The van der Waals surface area contributed by atoms with Crippen LogP contribution in [0.25, 0.3) is 11.3 Å². The van der Waals surface area contributed by atoms with Crippen LogP contribution in [0.5, 0.6) is 5.88 Å². The highest BCUT2D eigenvalue weighted by Gasteiger charge is 2.09. The maximum atomic E-state index is 11.9. The quantitative estimate of drug-likeness (QED) is 0.781. The summed E-state index contributed by atoms with van der Waals surface area (Å²) in [5.74, 6) is 0.480. The molecular formula is C17H15N3O3. The topological polar surface area (TPSA) is 77.2 Å². The maximum absolute atomic E-state index is 11.9. The van der Waals surface area contributed by atoms with E-state index in [0.717, 1.165) is 11.3 Å². The molecule has 0 bridgehead atoms. The van der Waals surface area contributed by atoms with Crippen LogP contribution in [0.4, 0.5) is 5.69 Å². The van der Waals surface area contributed by atoms with Gasteiger partial charge in [-0.05, 0) is 37.3 Å². The molecule has 6 heteroatoms. The zero-order valence-corrected chi connectivity index (χ0v) is 12.5. The molecule has 1 amide bonds. The number of hydrogen-bond acceptors (Lipinski definition) is 5. The molecule has 116 valence electrons. The number of nitrogens with zero attached hydrogens (tertiary/aromatic N) is 2. The molecule has 0 unspecified atom stereocenters. The van der Waals surface area contributed by atoms with Crippen molar-refractivity contribution in [1.82, 2.24) is 10.2 Å². The van der Waals surface area contributed by atoms with Crippen molar-refractivity contribution in [1.29, 1.82) is 0 Å². The number of nitrogens with one attached hydrogen (secondary N) is 1. The van der Waals surface area contributed by atoms with E-state index < -0.39 is 0 Å². The zero-order chi connectivity index (χ0) is 16.1. The van der Waals surface area contributed by atoms with Crippen molar-refractivity contribution in [2.75, 3.05) is 11.9 Å². The fourth-order valence-electron chi connectivity index (χ4n) is 2.02. The number of furan rings is 1. The molecular weight excluding hydrogens is 294 g/mol. The highest BCUT2D eigenvalue weighted by Crippen LogP contribution is 2.20. The number of ether oxygens (including phenoxy) is 1. The first kappa shape index (κ1) is 14.8.